The van der Waals surface area contributed by atoms with Crippen molar-refractivity contribution in [2.75, 3.05) is 43.6 Å². The molecule has 2 N–H and O–H groups in total. The third kappa shape index (κ3) is 9.43. The van der Waals surface area contributed by atoms with Crippen LogP contribution in [0.1, 0.15) is 67.2 Å². The van der Waals surface area contributed by atoms with Crippen LogP contribution in [-0.2, 0) is 26.7 Å². The number of nitrogens with zero attached hydrogens (tertiary/aromatic N) is 2. The second-order valence-corrected chi connectivity index (χ2v) is 17.0. The van der Waals surface area contributed by atoms with Gasteiger partial charge in [0.25, 0.3) is 21.8 Å². The maximum atomic E-state index is 14.9. The predicted molar refractivity (Wildman–Crippen MR) is 227 cm³/mol. The molecule has 310 valence electrons. The zero-order chi connectivity index (χ0) is 42.4. The molecule has 1 saturated heterocycles. The van der Waals surface area contributed by atoms with Crippen molar-refractivity contribution in [3.8, 4) is 0 Å². The first-order valence-electron chi connectivity index (χ1n) is 19.2. The Hall–Kier alpha value is -5.90. The zero-order valence-electron chi connectivity index (χ0n) is 32.5. The Kier molecular flexibility index (Phi) is 12.8. The molecule has 1 aliphatic rings. The number of thioether (sulfide) groups is 1. The first-order valence-corrected chi connectivity index (χ1v) is 21.6. The molecule has 5 aromatic carbocycles. The summed E-state index contributed by atoms with van der Waals surface area (Å²) >= 11 is 1.48. The quantitative estimate of drug-likeness (QED) is 0.0632. The fourth-order valence-corrected chi connectivity index (χ4v) is 9.46. The number of rotatable bonds is 14. The normalized spacial score (nSPS) is 13.3. The van der Waals surface area contributed by atoms with E-state index in [1.807, 2.05) is 12.1 Å². The number of piperidine rings is 1. The number of anilines is 2. The molecule has 0 aliphatic carbocycles. The highest BCUT2D eigenvalue weighted by Crippen LogP contribution is 2.36. The van der Waals surface area contributed by atoms with Crippen LogP contribution in [0.15, 0.2) is 131 Å². The minimum Gasteiger partial charge on any atom is -0.383 e. The molecule has 6 aromatic rings. The number of amides is 2. The van der Waals surface area contributed by atoms with Crippen LogP contribution in [0.2, 0.25) is 0 Å². The molecule has 7 rings (SSSR count). The summed E-state index contributed by atoms with van der Waals surface area (Å²) in [6, 6.07) is 30.2. The zero-order valence-corrected chi connectivity index (χ0v) is 34.1. The van der Waals surface area contributed by atoms with E-state index in [-0.39, 0.29) is 33.0 Å². The van der Waals surface area contributed by atoms with E-state index in [0.29, 0.717) is 39.7 Å². The molecule has 10 nitrogen and oxygen atoms in total. The van der Waals surface area contributed by atoms with Crippen molar-refractivity contribution in [1.82, 2.24) is 9.29 Å². The fraction of sp³-hybridized carbons (Fsp3) is 0.222. The second kappa shape index (κ2) is 18.2. The second-order valence-electron chi connectivity index (χ2n) is 14.2. The third-order valence-corrected chi connectivity index (χ3v) is 12.9. The number of carbonyl (C=O) groups excluding carboxylic acids is 3. The first kappa shape index (κ1) is 42.2. The highest BCUT2D eigenvalue weighted by molar-refractivity contribution is 7.98. The number of methoxy groups -OCH3 is 1. The number of hydrogen-bond acceptors (Lipinski definition) is 8. The van der Waals surface area contributed by atoms with Gasteiger partial charge in [-0.2, -0.15) is 13.2 Å². The SMILES string of the molecule is COCCNC(=O)c1cccc(SCc2cccc(C(=O)Nc3ccc(N4CCCCC4)cc3C(=O)c3cc4ccc(C(F)(F)F)cc4n3S(=O)(=O)c3ccccc3)c2)c1. The lowest BCUT2D eigenvalue weighted by molar-refractivity contribution is -0.137. The van der Waals surface area contributed by atoms with Gasteiger partial charge in [0.05, 0.1) is 28.3 Å². The van der Waals surface area contributed by atoms with E-state index in [1.165, 1.54) is 42.1 Å². The van der Waals surface area contributed by atoms with Gasteiger partial charge in [-0.3, -0.25) is 14.4 Å². The lowest BCUT2D eigenvalue weighted by Crippen LogP contribution is -2.29. The Morgan fingerprint density at radius 2 is 1.52 bits per heavy atom. The first-order chi connectivity index (χ1) is 28.8. The molecule has 2 amide bonds. The van der Waals surface area contributed by atoms with Gasteiger partial charge in [-0.1, -0.05) is 42.5 Å². The van der Waals surface area contributed by atoms with Crippen molar-refractivity contribution in [2.45, 2.75) is 41.0 Å². The molecular weight excluding hydrogens is 814 g/mol. The highest BCUT2D eigenvalue weighted by atomic mass is 32.2. The molecule has 60 heavy (non-hydrogen) atoms. The van der Waals surface area contributed by atoms with E-state index in [9.17, 15) is 36.0 Å². The smallest absolute Gasteiger partial charge is 0.383 e. The molecule has 15 heteroatoms. The highest BCUT2D eigenvalue weighted by Gasteiger charge is 2.34. The minimum atomic E-state index is -4.78. The number of carbonyl (C=O) groups is 3. The van der Waals surface area contributed by atoms with Gasteiger partial charge in [0.15, 0.2) is 0 Å². The van der Waals surface area contributed by atoms with E-state index in [2.05, 4.69) is 15.5 Å². The Bertz CT molecular complexity index is 2660. The van der Waals surface area contributed by atoms with E-state index < -0.39 is 39.1 Å². The van der Waals surface area contributed by atoms with Crippen molar-refractivity contribution in [3.05, 3.63) is 155 Å². The van der Waals surface area contributed by atoms with Crippen LogP contribution in [0, 0.1) is 0 Å². The lowest BCUT2D eigenvalue weighted by atomic mass is 10.0. The van der Waals surface area contributed by atoms with E-state index in [0.717, 1.165) is 61.0 Å². The summed E-state index contributed by atoms with van der Waals surface area (Å²) in [5.74, 6) is -1.10. The largest absolute Gasteiger partial charge is 0.416 e. The van der Waals surface area contributed by atoms with Crippen LogP contribution in [-0.4, -0.2) is 63.3 Å². The standard InChI is InChI=1S/C45H41F3N4O6S2/c1-58-23-20-49-43(54)33-12-9-13-36(25-33)59-29-30-10-8-11-32(24-30)44(55)50-39-19-18-35(51-21-6-3-7-22-51)28-38(39)42(53)41-26-31-16-17-34(45(46,47)48)27-40(31)52(41)60(56,57)37-14-4-2-5-15-37/h2,4-5,8-19,24-28H,3,6-7,20-23,29H2,1H3,(H,49,54)(H,50,55). The van der Waals surface area contributed by atoms with E-state index in [4.69, 9.17) is 4.74 Å². The van der Waals surface area contributed by atoms with Crippen LogP contribution < -0.4 is 15.5 Å². The number of ketones is 1. The summed E-state index contributed by atoms with van der Waals surface area (Å²) in [5.41, 5.74) is 0.559. The molecule has 1 aliphatic heterocycles. The molecule has 0 bridgehead atoms. The number of benzene rings is 5. The number of fused-ring (bicyclic) bond motifs is 1. The number of alkyl halides is 3. The van der Waals surface area contributed by atoms with Gasteiger partial charge in [-0.15, -0.1) is 11.8 Å². The fourth-order valence-electron chi connectivity index (χ4n) is 7.04. The summed E-state index contributed by atoms with van der Waals surface area (Å²) in [6.45, 7) is 2.22. The average Bonchev–Trinajstić information content (AvgIpc) is 3.66. The Balaban J connectivity index is 1.22. The molecule has 0 unspecified atom stereocenters. The molecule has 0 spiro atoms. The van der Waals surface area contributed by atoms with E-state index >= 15 is 0 Å². The van der Waals surface area contributed by atoms with Crippen molar-refractivity contribution >= 4 is 61.7 Å². The summed E-state index contributed by atoms with van der Waals surface area (Å²) in [4.78, 5) is 44.1. The van der Waals surface area contributed by atoms with Crippen LogP contribution in [0.3, 0.4) is 0 Å². The average molecular weight is 855 g/mol. The number of nitrogens with one attached hydrogen (secondary N) is 2. The summed E-state index contributed by atoms with van der Waals surface area (Å²) in [5, 5.41) is 5.77. The summed E-state index contributed by atoms with van der Waals surface area (Å²) in [7, 11) is -3.06. The topological polar surface area (TPSA) is 127 Å². The van der Waals surface area contributed by atoms with Crippen LogP contribution in [0.4, 0.5) is 24.5 Å². The number of aromatic nitrogens is 1. The minimum absolute atomic E-state index is 0.0346. The Morgan fingerprint density at radius 1 is 0.783 bits per heavy atom. The molecular formula is C45H41F3N4O6S2. The Morgan fingerprint density at radius 3 is 2.25 bits per heavy atom. The molecule has 0 saturated carbocycles. The Labute approximate surface area is 349 Å². The van der Waals surface area contributed by atoms with E-state index in [1.54, 1.807) is 67.8 Å². The van der Waals surface area contributed by atoms with Gasteiger partial charge in [0, 0.05) is 65.2 Å². The molecule has 0 radical (unpaired) electrons. The van der Waals surface area contributed by atoms with Crippen molar-refractivity contribution in [3.63, 3.8) is 0 Å². The maximum Gasteiger partial charge on any atom is 0.416 e. The van der Waals surface area contributed by atoms with Crippen LogP contribution >= 0.6 is 11.8 Å². The van der Waals surface area contributed by atoms with Gasteiger partial charge >= 0.3 is 6.18 Å². The monoisotopic (exact) mass is 854 g/mol. The third-order valence-electron chi connectivity index (χ3n) is 10.1. The molecule has 0 atom stereocenters. The summed E-state index contributed by atoms with van der Waals surface area (Å²) < 4.78 is 76.2. The maximum absolute atomic E-state index is 14.9. The molecule has 2 heterocycles. The van der Waals surface area contributed by atoms with Crippen molar-refractivity contribution in [1.29, 1.82) is 0 Å². The number of ether oxygens (including phenoxy) is 1. The lowest BCUT2D eigenvalue weighted by Gasteiger charge is -2.29. The summed E-state index contributed by atoms with van der Waals surface area (Å²) in [6.07, 6.45) is -1.88. The van der Waals surface area contributed by atoms with Gasteiger partial charge in [-0.25, -0.2) is 12.4 Å². The predicted octanol–water partition coefficient (Wildman–Crippen LogP) is 9.04. The van der Waals surface area contributed by atoms with Crippen LogP contribution in [0.5, 0.6) is 0 Å². The van der Waals surface area contributed by atoms with Crippen molar-refractivity contribution < 1.29 is 40.7 Å². The van der Waals surface area contributed by atoms with Gasteiger partial charge in [-0.05, 0) is 104 Å². The number of halogens is 3. The van der Waals surface area contributed by atoms with Crippen molar-refractivity contribution in [2.24, 2.45) is 0 Å². The molecule has 1 fully saturated rings. The van der Waals surface area contributed by atoms with Gasteiger partial charge in [0.2, 0.25) is 5.78 Å². The molecule has 1 aromatic heterocycles. The van der Waals surface area contributed by atoms with Gasteiger partial charge < -0.3 is 20.3 Å². The number of hydrogen-bond donors (Lipinski definition) is 2. The van der Waals surface area contributed by atoms with Gasteiger partial charge in [0.1, 0.15) is 5.69 Å². The van der Waals surface area contributed by atoms with Crippen LogP contribution in [0.25, 0.3) is 10.9 Å².